The van der Waals surface area contributed by atoms with E-state index in [1.807, 2.05) is 6.07 Å². The summed E-state index contributed by atoms with van der Waals surface area (Å²) < 4.78 is 13.6. The Balaban J connectivity index is 2.38. The van der Waals surface area contributed by atoms with Gasteiger partial charge in [0.05, 0.1) is 23.6 Å². The quantitative estimate of drug-likeness (QED) is 0.871. The third-order valence-electron chi connectivity index (χ3n) is 2.15. The van der Waals surface area contributed by atoms with E-state index < -0.39 is 11.4 Å². The van der Waals surface area contributed by atoms with E-state index in [0.29, 0.717) is 0 Å². The lowest BCUT2D eigenvalue weighted by atomic mass is 10.2. The van der Waals surface area contributed by atoms with Crippen LogP contribution in [0.1, 0.15) is 5.56 Å². The topological polar surface area (TPSA) is 81.6 Å². The van der Waals surface area contributed by atoms with Gasteiger partial charge in [0.25, 0.3) is 5.56 Å². The van der Waals surface area contributed by atoms with Crippen molar-refractivity contribution in [3.63, 3.8) is 0 Å². The minimum absolute atomic E-state index is 0.0454. The maximum Gasteiger partial charge on any atom is 0.271 e. The average molecular weight is 265 g/mol. The van der Waals surface area contributed by atoms with Crippen LogP contribution in [0.4, 0.5) is 15.9 Å². The number of hydrogen-bond donors (Lipinski definition) is 2. The number of halogens is 2. The Hall–Kier alpha value is -2.39. The highest BCUT2D eigenvalue weighted by molar-refractivity contribution is 6.32. The third kappa shape index (κ3) is 2.31. The van der Waals surface area contributed by atoms with Crippen molar-refractivity contribution in [2.75, 3.05) is 5.32 Å². The number of nitrogens with zero attached hydrogens (tertiary/aromatic N) is 2. The zero-order valence-electron chi connectivity index (χ0n) is 8.87. The summed E-state index contributed by atoms with van der Waals surface area (Å²) in [5, 5.41) is 11.0. The number of H-pyrrole nitrogens is 1. The minimum atomic E-state index is -0.632. The summed E-state index contributed by atoms with van der Waals surface area (Å²) in [7, 11) is 0. The fourth-order valence-electron chi connectivity index (χ4n) is 1.28. The molecule has 0 atom stereocenters. The lowest BCUT2D eigenvalue weighted by Gasteiger charge is -2.07. The summed E-state index contributed by atoms with van der Waals surface area (Å²) in [6, 6.07) is 5.69. The number of aromatic nitrogens is 2. The normalized spacial score (nSPS) is 9.83. The van der Waals surface area contributed by atoms with Gasteiger partial charge in [-0.3, -0.25) is 4.79 Å². The van der Waals surface area contributed by atoms with Crippen molar-refractivity contribution >= 4 is 23.1 Å². The summed E-state index contributed by atoms with van der Waals surface area (Å²) in [6.07, 6.45) is 1.15. The number of nitriles is 1. The molecule has 0 amide bonds. The van der Waals surface area contributed by atoms with Crippen LogP contribution in [0, 0.1) is 17.1 Å². The first-order chi connectivity index (χ1) is 8.61. The summed E-state index contributed by atoms with van der Waals surface area (Å²) in [5.41, 5.74) is -0.250. The smallest absolute Gasteiger partial charge is 0.271 e. The molecule has 2 aromatic rings. The van der Waals surface area contributed by atoms with Gasteiger partial charge in [-0.25, -0.2) is 9.37 Å². The van der Waals surface area contributed by atoms with Crippen LogP contribution in [-0.2, 0) is 0 Å². The molecule has 0 unspecified atom stereocenters. The first-order valence-electron chi connectivity index (χ1n) is 4.81. The molecule has 1 aromatic heterocycles. The maximum atomic E-state index is 13.6. The molecule has 0 bridgehead atoms. The summed E-state index contributed by atoms with van der Waals surface area (Å²) in [6.45, 7) is 0. The Morgan fingerprint density at radius 2 is 2.28 bits per heavy atom. The molecule has 7 heteroatoms. The van der Waals surface area contributed by atoms with E-state index in [1.54, 1.807) is 0 Å². The van der Waals surface area contributed by atoms with Gasteiger partial charge in [0.15, 0.2) is 5.82 Å². The fourth-order valence-corrected chi connectivity index (χ4v) is 1.43. The molecule has 1 aromatic carbocycles. The van der Waals surface area contributed by atoms with Crippen molar-refractivity contribution in [2.45, 2.75) is 0 Å². The second-order valence-corrected chi connectivity index (χ2v) is 3.70. The molecule has 0 spiro atoms. The van der Waals surface area contributed by atoms with Crippen molar-refractivity contribution in [3.05, 3.63) is 51.3 Å². The maximum absolute atomic E-state index is 13.6. The molecule has 90 valence electrons. The van der Waals surface area contributed by atoms with Crippen molar-refractivity contribution in [2.24, 2.45) is 0 Å². The number of nitrogens with one attached hydrogen (secondary N) is 2. The second kappa shape index (κ2) is 4.85. The molecule has 0 fully saturated rings. The van der Waals surface area contributed by atoms with Gasteiger partial charge in [-0.05, 0) is 18.2 Å². The highest BCUT2D eigenvalue weighted by Crippen LogP contribution is 2.22. The molecule has 0 saturated carbocycles. The monoisotopic (exact) mass is 264 g/mol. The van der Waals surface area contributed by atoms with Crippen molar-refractivity contribution in [1.29, 1.82) is 5.26 Å². The van der Waals surface area contributed by atoms with Gasteiger partial charge in [-0.15, -0.1) is 0 Å². The molecular formula is C11H6ClFN4O. The summed E-state index contributed by atoms with van der Waals surface area (Å²) in [5.74, 6) is -0.587. The number of benzene rings is 1. The number of anilines is 2. The van der Waals surface area contributed by atoms with Gasteiger partial charge in [-0.2, -0.15) is 5.26 Å². The van der Waals surface area contributed by atoms with Gasteiger partial charge in [0.2, 0.25) is 0 Å². The molecule has 0 aliphatic heterocycles. The van der Waals surface area contributed by atoms with Gasteiger partial charge >= 0.3 is 0 Å². The van der Waals surface area contributed by atoms with Gasteiger partial charge < -0.3 is 10.3 Å². The minimum Gasteiger partial charge on any atom is -0.336 e. The Kier molecular flexibility index (Phi) is 3.26. The molecule has 18 heavy (non-hydrogen) atoms. The molecule has 2 rings (SSSR count). The Morgan fingerprint density at radius 3 is 2.94 bits per heavy atom. The van der Waals surface area contributed by atoms with Gasteiger partial charge in [0.1, 0.15) is 10.8 Å². The van der Waals surface area contributed by atoms with E-state index in [0.717, 1.165) is 12.4 Å². The predicted molar refractivity (Wildman–Crippen MR) is 64.3 cm³/mol. The van der Waals surface area contributed by atoms with Gasteiger partial charge in [0, 0.05) is 0 Å². The zero-order chi connectivity index (χ0) is 13.1. The Morgan fingerprint density at radius 1 is 1.50 bits per heavy atom. The van der Waals surface area contributed by atoms with Crippen LogP contribution in [0.15, 0.2) is 29.3 Å². The molecule has 1 heterocycles. The SMILES string of the molecule is N#Cc1ccc(Nc2nc[nH]c(=O)c2Cl)c(F)c1. The number of hydrogen-bond acceptors (Lipinski definition) is 4. The number of aromatic amines is 1. The highest BCUT2D eigenvalue weighted by atomic mass is 35.5. The highest BCUT2D eigenvalue weighted by Gasteiger charge is 2.09. The van der Waals surface area contributed by atoms with E-state index in [1.165, 1.54) is 12.1 Å². The molecule has 2 N–H and O–H groups in total. The van der Waals surface area contributed by atoms with Crippen LogP contribution >= 0.6 is 11.6 Å². The summed E-state index contributed by atoms with van der Waals surface area (Å²) in [4.78, 5) is 17.3. The molecule has 5 nitrogen and oxygen atoms in total. The van der Waals surface area contributed by atoms with Gasteiger partial charge in [-0.1, -0.05) is 11.6 Å². The fraction of sp³-hybridized carbons (Fsp3) is 0. The van der Waals surface area contributed by atoms with Crippen LogP contribution in [0.5, 0.6) is 0 Å². The zero-order valence-corrected chi connectivity index (χ0v) is 9.62. The van der Waals surface area contributed by atoms with Crippen molar-refractivity contribution < 1.29 is 4.39 Å². The molecule has 0 saturated heterocycles. The van der Waals surface area contributed by atoms with E-state index in [9.17, 15) is 9.18 Å². The van der Waals surface area contributed by atoms with E-state index in [4.69, 9.17) is 16.9 Å². The van der Waals surface area contributed by atoms with Crippen molar-refractivity contribution in [1.82, 2.24) is 9.97 Å². The van der Waals surface area contributed by atoms with E-state index in [2.05, 4.69) is 15.3 Å². The lowest BCUT2D eigenvalue weighted by molar-refractivity contribution is 0.631. The summed E-state index contributed by atoms with van der Waals surface area (Å²) >= 11 is 5.71. The standard InChI is InChI=1S/C11H6ClFN4O/c12-9-10(15-5-16-11(9)18)17-8-2-1-6(4-14)3-7(8)13/h1-3,5H,(H2,15,16,17,18). The first kappa shape index (κ1) is 12.1. The molecule has 0 radical (unpaired) electrons. The second-order valence-electron chi connectivity index (χ2n) is 3.33. The number of rotatable bonds is 2. The average Bonchev–Trinajstić information content (AvgIpc) is 2.37. The lowest BCUT2D eigenvalue weighted by Crippen LogP contribution is -2.10. The predicted octanol–water partition coefficient (Wildman–Crippen LogP) is 2.18. The van der Waals surface area contributed by atoms with Crippen LogP contribution in [0.25, 0.3) is 0 Å². The Labute approximate surface area is 106 Å². The third-order valence-corrected chi connectivity index (χ3v) is 2.50. The molecule has 0 aliphatic carbocycles. The molecular weight excluding hydrogens is 259 g/mol. The van der Waals surface area contributed by atoms with E-state index in [-0.39, 0.29) is 22.1 Å². The Bertz CT molecular complexity index is 692. The largest absolute Gasteiger partial charge is 0.336 e. The van der Waals surface area contributed by atoms with E-state index >= 15 is 0 Å². The van der Waals surface area contributed by atoms with Crippen LogP contribution < -0.4 is 10.9 Å². The first-order valence-corrected chi connectivity index (χ1v) is 5.19. The van der Waals surface area contributed by atoms with Crippen LogP contribution in [0.3, 0.4) is 0 Å². The van der Waals surface area contributed by atoms with Crippen LogP contribution in [-0.4, -0.2) is 9.97 Å². The molecule has 0 aliphatic rings. The van der Waals surface area contributed by atoms with Crippen LogP contribution in [0.2, 0.25) is 5.02 Å². The van der Waals surface area contributed by atoms with Crippen molar-refractivity contribution in [3.8, 4) is 6.07 Å².